The van der Waals surface area contributed by atoms with Crippen LogP contribution in [0.25, 0.3) is 0 Å². The second-order valence-electron chi connectivity index (χ2n) is 7.00. The molecule has 1 saturated heterocycles. The van der Waals surface area contributed by atoms with Gasteiger partial charge >= 0.3 is 0 Å². The fourth-order valence-corrected chi connectivity index (χ4v) is 3.49. The Hall–Kier alpha value is -2.49. The lowest BCUT2D eigenvalue weighted by atomic mass is 10.1. The fourth-order valence-electron chi connectivity index (χ4n) is 3.49. The molecule has 2 aromatic carbocycles. The lowest BCUT2D eigenvalue weighted by Gasteiger charge is -2.29. The van der Waals surface area contributed by atoms with E-state index in [-0.39, 0.29) is 5.91 Å². The predicted octanol–water partition coefficient (Wildman–Crippen LogP) is 4.45. The zero-order chi connectivity index (χ0) is 18.4. The normalized spacial score (nSPS) is 14.2. The number of carbonyl (C=O) groups excluding carboxylic acids is 1. The van der Waals surface area contributed by atoms with E-state index in [2.05, 4.69) is 59.3 Å². The summed E-state index contributed by atoms with van der Waals surface area (Å²) in [6.07, 6.45) is 3.87. The standard InChI is InChI=1S/C22H29N3O/c1-3-24(21-9-7-8-18(2)16-21)17-22(26)23-19-10-12-20(13-11-19)25-14-5-4-6-15-25/h7-13,16H,3-6,14-15,17H2,1-2H3,(H,23,26). The Morgan fingerprint density at radius 2 is 1.81 bits per heavy atom. The molecule has 0 spiro atoms. The smallest absolute Gasteiger partial charge is 0.243 e. The van der Waals surface area contributed by atoms with E-state index in [4.69, 9.17) is 0 Å². The molecule has 0 aliphatic carbocycles. The zero-order valence-corrected chi connectivity index (χ0v) is 15.9. The minimum Gasteiger partial charge on any atom is -0.372 e. The highest BCUT2D eigenvalue weighted by Crippen LogP contribution is 2.22. The maximum Gasteiger partial charge on any atom is 0.243 e. The van der Waals surface area contributed by atoms with Gasteiger partial charge in [0.05, 0.1) is 6.54 Å². The van der Waals surface area contributed by atoms with Crippen LogP contribution >= 0.6 is 0 Å². The van der Waals surface area contributed by atoms with Crippen LogP contribution in [-0.2, 0) is 4.79 Å². The third kappa shape index (κ3) is 4.78. The number of piperidine rings is 1. The number of hydrogen-bond donors (Lipinski definition) is 1. The molecule has 1 N–H and O–H groups in total. The van der Waals surface area contributed by atoms with Crippen molar-refractivity contribution in [2.75, 3.05) is 41.3 Å². The van der Waals surface area contributed by atoms with Gasteiger partial charge in [-0.1, -0.05) is 12.1 Å². The van der Waals surface area contributed by atoms with Crippen molar-refractivity contribution in [3.05, 3.63) is 54.1 Å². The first-order valence-corrected chi connectivity index (χ1v) is 9.62. The van der Waals surface area contributed by atoms with Crippen LogP contribution in [0, 0.1) is 6.92 Å². The highest BCUT2D eigenvalue weighted by molar-refractivity contribution is 5.94. The number of nitrogens with zero attached hydrogens (tertiary/aromatic N) is 2. The van der Waals surface area contributed by atoms with Crippen molar-refractivity contribution in [3.63, 3.8) is 0 Å². The Kier molecular flexibility index (Phi) is 6.16. The monoisotopic (exact) mass is 351 g/mol. The van der Waals surface area contributed by atoms with Crippen LogP contribution in [0.1, 0.15) is 31.7 Å². The van der Waals surface area contributed by atoms with E-state index in [1.807, 2.05) is 18.2 Å². The molecular formula is C22H29N3O. The number of hydrogen-bond acceptors (Lipinski definition) is 3. The molecule has 0 atom stereocenters. The maximum atomic E-state index is 12.5. The molecule has 4 nitrogen and oxygen atoms in total. The summed E-state index contributed by atoms with van der Waals surface area (Å²) >= 11 is 0. The van der Waals surface area contributed by atoms with Crippen molar-refractivity contribution >= 4 is 23.0 Å². The van der Waals surface area contributed by atoms with Gasteiger partial charge in [0, 0.05) is 36.7 Å². The first-order chi connectivity index (χ1) is 12.7. The molecule has 0 unspecified atom stereocenters. The van der Waals surface area contributed by atoms with Gasteiger partial charge in [-0.3, -0.25) is 4.79 Å². The summed E-state index contributed by atoms with van der Waals surface area (Å²) in [5.41, 5.74) is 4.39. The van der Waals surface area contributed by atoms with Crippen LogP contribution in [0.15, 0.2) is 48.5 Å². The highest BCUT2D eigenvalue weighted by atomic mass is 16.2. The van der Waals surface area contributed by atoms with Crippen LogP contribution in [0.4, 0.5) is 17.1 Å². The number of nitrogens with one attached hydrogen (secondary N) is 1. The Morgan fingerprint density at radius 1 is 1.08 bits per heavy atom. The quantitative estimate of drug-likeness (QED) is 0.835. The summed E-state index contributed by atoms with van der Waals surface area (Å²) in [4.78, 5) is 17.0. The molecule has 1 amide bonds. The Bertz CT molecular complexity index is 720. The largest absolute Gasteiger partial charge is 0.372 e. The summed E-state index contributed by atoms with van der Waals surface area (Å²) in [6.45, 7) is 7.56. The van der Waals surface area contributed by atoms with Gasteiger partial charge in [-0.25, -0.2) is 0 Å². The average molecular weight is 351 g/mol. The van der Waals surface area contributed by atoms with Gasteiger partial charge in [-0.2, -0.15) is 0 Å². The van der Waals surface area contributed by atoms with Crippen LogP contribution in [0.2, 0.25) is 0 Å². The molecule has 0 radical (unpaired) electrons. The van der Waals surface area contributed by atoms with E-state index in [9.17, 15) is 4.79 Å². The number of rotatable bonds is 6. The third-order valence-corrected chi connectivity index (χ3v) is 4.96. The molecule has 1 heterocycles. The van der Waals surface area contributed by atoms with Gasteiger partial charge in [0.2, 0.25) is 5.91 Å². The van der Waals surface area contributed by atoms with Crippen molar-refractivity contribution in [3.8, 4) is 0 Å². The summed E-state index contributed by atoms with van der Waals surface area (Å²) in [6, 6.07) is 16.5. The van der Waals surface area contributed by atoms with E-state index in [1.165, 1.54) is 30.5 Å². The molecule has 2 aromatic rings. The summed E-state index contributed by atoms with van der Waals surface area (Å²) in [5.74, 6) is 0.0130. The summed E-state index contributed by atoms with van der Waals surface area (Å²) < 4.78 is 0. The lowest BCUT2D eigenvalue weighted by molar-refractivity contribution is -0.115. The first kappa shape index (κ1) is 18.3. The van der Waals surface area contributed by atoms with E-state index < -0.39 is 0 Å². The van der Waals surface area contributed by atoms with Crippen LogP contribution in [0.3, 0.4) is 0 Å². The van der Waals surface area contributed by atoms with Gasteiger partial charge in [0.25, 0.3) is 0 Å². The van der Waals surface area contributed by atoms with Gasteiger partial charge in [0.15, 0.2) is 0 Å². The van der Waals surface area contributed by atoms with Crippen molar-refractivity contribution in [2.24, 2.45) is 0 Å². The maximum absolute atomic E-state index is 12.5. The Balaban J connectivity index is 1.58. The molecule has 1 aliphatic heterocycles. The van der Waals surface area contributed by atoms with Crippen molar-refractivity contribution in [1.29, 1.82) is 0 Å². The summed E-state index contributed by atoms with van der Waals surface area (Å²) in [5, 5.41) is 3.02. The fraction of sp³-hybridized carbons (Fsp3) is 0.409. The molecule has 138 valence electrons. The minimum absolute atomic E-state index is 0.0130. The molecule has 0 aromatic heterocycles. The van der Waals surface area contributed by atoms with E-state index in [0.29, 0.717) is 6.54 Å². The number of anilines is 3. The SMILES string of the molecule is CCN(CC(=O)Nc1ccc(N2CCCCC2)cc1)c1cccc(C)c1. The van der Waals surface area contributed by atoms with Gasteiger partial charge in [-0.05, 0) is 75.1 Å². The first-order valence-electron chi connectivity index (χ1n) is 9.62. The Morgan fingerprint density at radius 3 is 2.46 bits per heavy atom. The average Bonchev–Trinajstić information content (AvgIpc) is 2.67. The van der Waals surface area contributed by atoms with Crippen LogP contribution in [0.5, 0.6) is 0 Å². The lowest BCUT2D eigenvalue weighted by Crippen LogP contribution is -2.33. The van der Waals surface area contributed by atoms with E-state index >= 15 is 0 Å². The molecule has 0 bridgehead atoms. The molecular weight excluding hydrogens is 322 g/mol. The van der Waals surface area contributed by atoms with Crippen molar-refractivity contribution in [1.82, 2.24) is 0 Å². The zero-order valence-electron chi connectivity index (χ0n) is 15.9. The van der Waals surface area contributed by atoms with Gasteiger partial charge in [-0.15, -0.1) is 0 Å². The molecule has 4 heteroatoms. The highest BCUT2D eigenvalue weighted by Gasteiger charge is 2.12. The number of amides is 1. The molecule has 1 aliphatic rings. The van der Waals surface area contributed by atoms with E-state index in [1.54, 1.807) is 0 Å². The Labute approximate surface area is 156 Å². The topological polar surface area (TPSA) is 35.6 Å². The van der Waals surface area contributed by atoms with Crippen molar-refractivity contribution in [2.45, 2.75) is 33.1 Å². The third-order valence-electron chi connectivity index (χ3n) is 4.96. The number of benzene rings is 2. The van der Waals surface area contributed by atoms with E-state index in [0.717, 1.165) is 31.0 Å². The predicted molar refractivity (Wildman–Crippen MR) is 110 cm³/mol. The number of carbonyl (C=O) groups is 1. The minimum atomic E-state index is 0.0130. The van der Waals surface area contributed by atoms with Gasteiger partial charge in [0.1, 0.15) is 0 Å². The second-order valence-corrected chi connectivity index (χ2v) is 7.00. The molecule has 3 rings (SSSR count). The van der Waals surface area contributed by atoms with Gasteiger partial charge < -0.3 is 15.1 Å². The summed E-state index contributed by atoms with van der Waals surface area (Å²) in [7, 11) is 0. The van der Waals surface area contributed by atoms with Crippen molar-refractivity contribution < 1.29 is 4.79 Å². The number of aryl methyl sites for hydroxylation is 1. The second kappa shape index (κ2) is 8.75. The molecule has 0 saturated carbocycles. The van der Waals surface area contributed by atoms with Crippen LogP contribution in [-0.4, -0.2) is 32.1 Å². The molecule has 1 fully saturated rings. The molecule has 26 heavy (non-hydrogen) atoms. The van der Waals surface area contributed by atoms with Crippen LogP contribution < -0.4 is 15.1 Å². The number of likely N-dealkylation sites (N-methyl/N-ethyl adjacent to an activating group) is 1.